The van der Waals surface area contributed by atoms with Gasteiger partial charge in [-0.15, -0.1) is 0 Å². The predicted molar refractivity (Wildman–Crippen MR) is 37.4 cm³/mol. The summed E-state index contributed by atoms with van der Waals surface area (Å²) in [6.07, 6.45) is 0.420. The van der Waals surface area contributed by atoms with E-state index in [9.17, 15) is 8.78 Å². The van der Waals surface area contributed by atoms with Gasteiger partial charge in [-0.3, -0.25) is 0 Å². The summed E-state index contributed by atoms with van der Waals surface area (Å²) >= 11 is 0. The van der Waals surface area contributed by atoms with Crippen molar-refractivity contribution in [2.75, 3.05) is 0 Å². The average Bonchev–Trinajstić information content (AvgIpc) is 2.01. The molecule has 0 bridgehead atoms. The fourth-order valence-electron chi connectivity index (χ4n) is 0.852. The summed E-state index contributed by atoms with van der Waals surface area (Å²) in [6, 6.07) is 2.52. The summed E-state index contributed by atoms with van der Waals surface area (Å²) in [6.45, 7) is 1.72. The summed E-state index contributed by atoms with van der Waals surface area (Å²) in [5, 5.41) is 8.71. The molecule has 1 aromatic carbocycles. The summed E-state index contributed by atoms with van der Waals surface area (Å²) < 4.78 is 25.3. The lowest BCUT2D eigenvalue weighted by Crippen LogP contribution is -1.91. The molecule has 1 rings (SSSR count). The van der Waals surface area contributed by atoms with Crippen LogP contribution in [-0.4, -0.2) is 5.11 Å². The summed E-state index contributed by atoms with van der Waals surface area (Å²) in [5.74, 6) is -2.75. The highest BCUT2D eigenvalue weighted by atomic mass is 19.2. The highest BCUT2D eigenvalue weighted by Crippen LogP contribution is 2.21. The van der Waals surface area contributed by atoms with Gasteiger partial charge in [0.25, 0.3) is 0 Å². The lowest BCUT2D eigenvalue weighted by molar-refractivity contribution is 0.404. The van der Waals surface area contributed by atoms with Crippen molar-refractivity contribution in [3.8, 4) is 5.75 Å². The Kier molecular flexibility index (Phi) is 2.08. The van der Waals surface area contributed by atoms with Gasteiger partial charge in [-0.05, 0) is 18.1 Å². The normalized spacial score (nSPS) is 10.1. The van der Waals surface area contributed by atoms with Gasteiger partial charge in [0, 0.05) is 0 Å². The minimum Gasteiger partial charge on any atom is -0.505 e. The summed E-state index contributed by atoms with van der Waals surface area (Å²) in [5.41, 5.74) is 0.278. The van der Waals surface area contributed by atoms with Gasteiger partial charge in [-0.25, -0.2) is 4.39 Å². The minimum atomic E-state index is -1.16. The highest BCUT2D eigenvalue weighted by Gasteiger charge is 2.10. The lowest BCUT2D eigenvalue weighted by Gasteiger charge is -2.00. The molecule has 0 saturated heterocycles. The zero-order chi connectivity index (χ0) is 8.43. The number of phenols is 1. The smallest absolute Gasteiger partial charge is 0.200 e. The van der Waals surface area contributed by atoms with Crippen LogP contribution in [0.3, 0.4) is 0 Å². The molecule has 0 fully saturated rings. The molecular formula is C8H8F2O. The van der Waals surface area contributed by atoms with Gasteiger partial charge in [0.1, 0.15) is 0 Å². The molecule has 0 aliphatic rings. The number of phenolic OH excluding ortho intramolecular Hbond substituents is 1. The van der Waals surface area contributed by atoms with Crippen LogP contribution in [0.4, 0.5) is 8.78 Å². The van der Waals surface area contributed by atoms with Crippen LogP contribution < -0.4 is 0 Å². The van der Waals surface area contributed by atoms with E-state index in [1.807, 2.05) is 0 Å². The van der Waals surface area contributed by atoms with E-state index in [1.165, 1.54) is 6.07 Å². The van der Waals surface area contributed by atoms with Gasteiger partial charge in [0.2, 0.25) is 5.82 Å². The predicted octanol–water partition coefficient (Wildman–Crippen LogP) is 2.23. The third kappa shape index (κ3) is 1.31. The molecule has 0 amide bonds. The van der Waals surface area contributed by atoms with E-state index < -0.39 is 17.4 Å². The van der Waals surface area contributed by atoms with Gasteiger partial charge in [-0.2, -0.15) is 4.39 Å². The Bertz CT molecular complexity index is 271. The number of hydrogen-bond donors (Lipinski definition) is 1. The first-order chi connectivity index (χ1) is 5.16. The first-order valence-electron chi connectivity index (χ1n) is 3.32. The van der Waals surface area contributed by atoms with Crippen LogP contribution in [0.15, 0.2) is 12.1 Å². The van der Waals surface area contributed by atoms with Crippen molar-refractivity contribution >= 4 is 0 Å². The lowest BCUT2D eigenvalue weighted by atomic mass is 10.1. The van der Waals surface area contributed by atoms with Crippen molar-refractivity contribution < 1.29 is 13.9 Å². The van der Waals surface area contributed by atoms with Gasteiger partial charge in [0.05, 0.1) is 0 Å². The Balaban J connectivity index is 3.25. The fourth-order valence-corrected chi connectivity index (χ4v) is 0.852. The van der Waals surface area contributed by atoms with Crippen molar-refractivity contribution in [2.45, 2.75) is 13.3 Å². The second-order valence-electron chi connectivity index (χ2n) is 2.23. The number of rotatable bonds is 1. The molecule has 1 N–H and O–H groups in total. The van der Waals surface area contributed by atoms with E-state index >= 15 is 0 Å². The Labute approximate surface area is 63.3 Å². The van der Waals surface area contributed by atoms with Crippen LogP contribution in [0.2, 0.25) is 0 Å². The zero-order valence-corrected chi connectivity index (χ0v) is 6.06. The maximum Gasteiger partial charge on any atom is 0.200 e. The van der Waals surface area contributed by atoms with E-state index in [0.717, 1.165) is 6.07 Å². The van der Waals surface area contributed by atoms with Crippen LogP contribution in [0.1, 0.15) is 12.5 Å². The first kappa shape index (κ1) is 7.98. The molecule has 3 heteroatoms. The topological polar surface area (TPSA) is 20.2 Å². The molecule has 1 aromatic rings. The Morgan fingerprint density at radius 3 is 2.45 bits per heavy atom. The van der Waals surface area contributed by atoms with Crippen LogP contribution in [0.5, 0.6) is 5.75 Å². The van der Waals surface area contributed by atoms with Crippen LogP contribution in [-0.2, 0) is 6.42 Å². The molecule has 60 valence electrons. The van der Waals surface area contributed by atoms with E-state index in [4.69, 9.17) is 5.11 Å². The van der Waals surface area contributed by atoms with Crippen LogP contribution in [0.25, 0.3) is 0 Å². The number of aromatic hydroxyl groups is 1. The van der Waals surface area contributed by atoms with E-state index in [2.05, 4.69) is 0 Å². The third-order valence-electron chi connectivity index (χ3n) is 1.52. The monoisotopic (exact) mass is 158 g/mol. The van der Waals surface area contributed by atoms with Gasteiger partial charge in [-0.1, -0.05) is 13.0 Å². The van der Waals surface area contributed by atoms with Crippen molar-refractivity contribution in [1.29, 1.82) is 0 Å². The molecule has 0 saturated carbocycles. The van der Waals surface area contributed by atoms with Gasteiger partial charge >= 0.3 is 0 Å². The molecular weight excluding hydrogens is 150 g/mol. The molecule has 0 heterocycles. The molecule has 11 heavy (non-hydrogen) atoms. The molecule has 0 aliphatic heterocycles. The molecule has 0 aliphatic carbocycles. The second kappa shape index (κ2) is 2.86. The number of benzene rings is 1. The Morgan fingerprint density at radius 2 is 1.91 bits per heavy atom. The van der Waals surface area contributed by atoms with Gasteiger partial charge in [0.15, 0.2) is 11.6 Å². The molecule has 1 nitrogen and oxygen atoms in total. The minimum absolute atomic E-state index is 0.278. The molecule has 0 aromatic heterocycles. The average molecular weight is 158 g/mol. The standard InChI is InChI=1S/C8H8F2O/c1-2-5-3-4-6(11)8(10)7(5)9/h3-4,11H,2H2,1H3. The maximum absolute atomic E-state index is 12.7. The van der Waals surface area contributed by atoms with Crippen LogP contribution >= 0.6 is 0 Å². The van der Waals surface area contributed by atoms with Crippen molar-refractivity contribution in [3.05, 3.63) is 29.3 Å². The SMILES string of the molecule is CCc1ccc(O)c(F)c1F. The van der Waals surface area contributed by atoms with E-state index in [1.54, 1.807) is 6.92 Å². The number of hydrogen-bond acceptors (Lipinski definition) is 1. The van der Waals surface area contributed by atoms with E-state index in [-0.39, 0.29) is 5.56 Å². The zero-order valence-electron chi connectivity index (χ0n) is 6.06. The number of halogens is 2. The molecule has 0 radical (unpaired) electrons. The van der Waals surface area contributed by atoms with Crippen molar-refractivity contribution in [2.24, 2.45) is 0 Å². The fraction of sp³-hybridized carbons (Fsp3) is 0.250. The molecule has 0 unspecified atom stereocenters. The summed E-state index contributed by atoms with van der Waals surface area (Å²) in [4.78, 5) is 0. The number of aryl methyl sites for hydroxylation is 1. The quantitative estimate of drug-likeness (QED) is 0.664. The Hall–Kier alpha value is -1.12. The maximum atomic E-state index is 12.7. The van der Waals surface area contributed by atoms with Gasteiger partial charge < -0.3 is 5.11 Å². The largest absolute Gasteiger partial charge is 0.505 e. The van der Waals surface area contributed by atoms with Crippen molar-refractivity contribution in [3.63, 3.8) is 0 Å². The first-order valence-corrected chi connectivity index (χ1v) is 3.32. The van der Waals surface area contributed by atoms with E-state index in [0.29, 0.717) is 6.42 Å². The Morgan fingerprint density at radius 1 is 1.27 bits per heavy atom. The summed E-state index contributed by atoms with van der Waals surface area (Å²) in [7, 11) is 0. The second-order valence-corrected chi connectivity index (χ2v) is 2.23. The molecule has 0 spiro atoms. The van der Waals surface area contributed by atoms with Crippen LogP contribution in [0, 0.1) is 11.6 Å². The highest BCUT2D eigenvalue weighted by molar-refractivity contribution is 5.29. The van der Waals surface area contributed by atoms with Crippen molar-refractivity contribution in [1.82, 2.24) is 0 Å². The molecule has 0 atom stereocenters. The third-order valence-corrected chi connectivity index (χ3v) is 1.52.